The third-order valence-corrected chi connectivity index (χ3v) is 5.50. The summed E-state index contributed by atoms with van der Waals surface area (Å²) >= 11 is 1.48. The lowest BCUT2D eigenvalue weighted by atomic mass is 9.94. The lowest BCUT2D eigenvalue weighted by Gasteiger charge is -2.32. The quantitative estimate of drug-likeness (QED) is 0.691. The molecule has 1 saturated heterocycles. The number of carbonyl (C=O) groups excluding carboxylic acids is 1. The van der Waals surface area contributed by atoms with E-state index in [1.165, 1.54) is 23.5 Å². The molecule has 1 amide bonds. The third-order valence-electron chi connectivity index (χ3n) is 4.64. The van der Waals surface area contributed by atoms with E-state index in [0.29, 0.717) is 12.4 Å². The Balaban J connectivity index is 1.54. The van der Waals surface area contributed by atoms with Crippen molar-refractivity contribution in [3.8, 4) is 11.4 Å². The van der Waals surface area contributed by atoms with Crippen LogP contribution < -0.4 is 0 Å². The molecule has 132 valence electrons. The molecule has 3 heterocycles. The molecule has 4 nitrogen and oxygen atoms in total. The summed E-state index contributed by atoms with van der Waals surface area (Å²) in [7, 11) is 0. The fourth-order valence-corrected chi connectivity index (χ4v) is 3.99. The van der Waals surface area contributed by atoms with Crippen LogP contribution in [0.5, 0.6) is 0 Å². The Bertz CT molecular complexity index is 896. The highest BCUT2D eigenvalue weighted by molar-refractivity contribution is 7.12. The lowest BCUT2D eigenvalue weighted by Crippen LogP contribution is -2.39. The minimum absolute atomic E-state index is 0.0949. The van der Waals surface area contributed by atoms with Crippen LogP contribution in [-0.4, -0.2) is 33.9 Å². The molecular weight excluding hydrogens is 349 g/mol. The molecule has 0 bridgehead atoms. The molecule has 4 rings (SSSR count). The maximum Gasteiger partial charge on any atom is 0.263 e. The normalized spacial score (nSPS) is 17.3. The van der Waals surface area contributed by atoms with Gasteiger partial charge in [-0.15, -0.1) is 11.3 Å². The second kappa shape index (κ2) is 7.33. The van der Waals surface area contributed by atoms with Crippen LogP contribution in [0.1, 0.15) is 34.1 Å². The molecule has 0 aliphatic carbocycles. The summed E-state index contributed by atoms with van der Waals surface area (Å²) in [6, 6.07) is 11.9. The largest absolute Gasteiger partial charge is 0.337 e. The van der Waals surface area contributed by atoms with Gasteiger partial charge in [0.05, 0.1) is 4.88 Å². The van der Waals surface area contributed by atoms with Crippen molar-refractivity contribution < 1.29 is 9.18 Å². The molecular formula is C20H18FN3OS. The molecule has 1 aliphatic heterocycles. The monoisotopic (exact) mass is 367 g/mol. The minimum atomic E-state index is -0.278. The average molecular weight is 367 g/mol. The number of carbonyl (C=O) groups is 1. The average Bonchev–Trinajstić information content (AvgIpc) is 3.23. The van der Waals surface area contributed by atoms with Crippen molar-refractivity contribution in [2.24, 2.45) is 0 Å². The van der Waals surface area contributed by atoms with Gasteiger partial charge in [0.25, 0.3) is 5.91 Å². The van der Waals surface area contributed by atoms with Crippen molar-refractivity contribution in [2.45, 2.75) is 18.8 Å². The summed E-state index contributed by atoms with van der Waals surface area (Å²) in [6.07, 6.45) is 3.69. The predicted octanol–water partition coefficient (Wildman–Crippen LogP) is 4.36. The Kier molecular flexibility index (Phi) is 4.75. The first-order valence-electron chi connectivity index (χ1n) is 8.62. The molecule has 1 aromatic carbocycles. The van der Waals surface area contributed by atoms with E-state index in [2.05, 4.69) is 9.97 Å². The van der Waals surface area contributed by atoms with Crippen LogP contribution in [0, 0.1) is 5.82 Å². The van der Waals surface area contributed by atoms with Crippen LogP contribution in [0.25, 0.3) is 11.4 Å². The van der Waals surface area contributed by atoms with Crippen LogP contribution in [0.15, 0.2) is 54.0 Å². The molecule has 3 aromatic rings. The van der Waals surface area contributed by atoms with Gasteiger partial charge in [-0.25, -0.2) is 14.4 Å². The van der Waals surface area contributed by atoms with E-state index in [1.54, 1.807) is 18.3 Å². The molecule has 0 N–H and O–H groups in total. The van der Waals surface area contributed by atoms with Gasteiger partial charge in [-0.2, -0.15) is 0 Å². The van der Waals surface area contributed by atoms with E-state index in [0.717, 1.165) is 35.5 Å². The third kappa shape index (κ3) is 3.51. The van der Waals surface area contributed by atoms with Crippen molar-refractivity contribution in [1.82, 2.24) is 14.9 Å². The fourth-order valence-electron chi connectivity index (χ4n) is 3.30. The van der Waals surface area contributed by atoms with Gasteiger partial charge in [-0.05, 0) is 54.6 Å². The number of halogens is 1. The van der Waals surface area contributed by atoms with E-state index in [-0.39, 0.29) is 17.6 Å². The van der Waals surface area contributed by atoms with Crippen molar-refractivity contribution >= 4 is 17.2 Å². The highest BCUT2D eigenvalue weighted by Crippen LogP contribution is 2.28. The number of benzene rings is 1. The fraction of sp³-hybridized carbons (Fsp3) is 0.250. The number of rotatable bonds is 3. The van der Waals surface area contributed by atoms with Crippen molar-refractivity contribution in [3.63, 3.8) is 0 Å². The minimum Gasteiger partial charge on any atom is -0.337 e. The van der Waals surface area contributed by atoms with Gasteiger partial charge >= 0.3 is 0 Å². The second-order valence-electron chi connectivity index (χ2n) is 6.38. The summed E-state index contributed by atoms with van der Waals surface area (Å²) < 4.78 is 13.1. The van der Waals surface area contributed by atoms with Crippen LogP contribution in [0.4, 0.5) is 4.39 Å². The van der Waals surface area contributed by atoms with E-state index in [4.69, 9.17) is 0 Å². The summed E-state index contributed by atoms with van der Waals surface area (Å²) in [5.74, 6) is 0.594. The van der Waals surface area contributed by atoms with Crippen molar-refractivity contribution in [1.29, 1.82) is 0 Å². The number of piperidine rings is 1. The summed E-state index contributed by atoms with van der Waals surface area (Å²) in [5, 5.41) is 1.92. The molecule has 0 radical (unpaired) electrons. The second-order valence-corrected chi connectivity index (χ2v) is 7.33. The number of hydrogen-bond donors (Lipinski definition) is 0. The molecule has 1 atom stereocenters. The molecule has 6 heteroatoms. The molecule has 1 aliphatic rings. The van der Waals surface area contributed by atoms with E-state index < -0.39 is 0 Å². The molecule has 0 saturated carbocycles. The number of hydrogen-bond acceptors (Lipinski definition) is 4. The van der Waals surface area contributed by atoms with Gasteiger partial charge in [0, 0.05) is 36.5 Å². The molecule has 26 heavy (non-hydrogen) atoms. The van der Waals surface area contributed by atoms with Crippen LogP contribution in [-0.2, 0) is 0 Å². The van der Waals surface area contributed by atoms with E-state index in [9.17, 15) is 9.18 Å². The first kappa shape index (κ1) is 16.8. The van der Waals surface area contributed by atoms with Gasteiger partial charge in [0.2, 0.25) is 0 Å². The van der Waals surface area contributed by atoms with Gasteiger partial charge in [-0.3, -0.25) is 4.79 Å². The number of nitrogens with zero attached hydrogens (tertiary/aromatic N) is 3. The Morgan fingerprint density at radius 2 is 2.04 bits per heavy atom. The number of aromatic nitrogens is 2. The van der Waals surface area contributed by atoms with Gasteiger partial charge in [-0.1, -0.05) is 6.07 Å². The van der Waals surface area contributed by atoms with Gasteiger partial charge in [0.1, 0.15) is 5.82 Å². The number of amides is 1. The zero-order valence-electron chi connectivity index (χ0n) is 14.1. The van der Waals surface area contributed by atoms with Crippen molar-refractivity contribution in [2.75, 3.05) is 13.1 Å². The smallest absolute Gasteiger partial charge is 0.263 e. The molecule has 0 unspecified atom stereocenters. The van der Waals surface area contributed by atoms with E-state index in [1.807, 2.05) is 28.5 Å². The van der Waals surface area contributed by atoms with Crippen LogP contribution in [0.3, 0.4) is 0 Å². The summed E-state index contributed by atoms with van der Waals surface area (Å²) in [4.78, 5) is 24.3. The Hall–Kier alpha value is -2.60. The zero-order chi connectivity index (χ0) is 17.9. The predicted molar refractivity (Wildman–Crippen MR) is 99.6 cm³/mol. The molecule has 1 fully saturated rings. The highest BCUT2D eigenvalue weighted by Gasteiger charge is 2.27. The maximum atomic E-state index is 13.1. The number of likely N-dealkylation sites (tertiary alicyclic amines) is 1. The molecule has 2 aromatic heterocycles. The van der Waals surface area contributed by atoms with Crippen molar-refractivity contribution in [3.05, 3.63) is 70.4 Å². The summed E-state index contributed by atoms with van der Waals surface area (Å²) in [5.41, 5.74) is 1.72. The summed E-state index contributed by atoms with van der Waals surface area (Å²) in [6.45, 7) is 1.44. The lowest BCUT2D eigenvalue weighted by molar-refractivity contribution is 0.0711. The maximum absolute atomic E-state index is 13.1. The first-order valence-corrected chi connectivity index (χ1v) is 9.50. The number of thiophene rings is 1. The standard InChI is InChI=1S/C20H18FN3OS/c21-16-7-5-14(6-8-16)19-22-10-9-17(23-19)15-3-1-11-24(13-15)20(25)18-4-2-12-26-18/h2,4-10,12,15H,1,3,11,13H2/t15-/m1/s1. The highest BCUT2D eigenvalue weighted by atomic mass is 32.1. The van der Waals surface area contributed by atoms with Gasteiger partial charge < -0.3 is 4.90 Å². The zero-order valence-corrected chi connectivity index (χ0v) is 15.0. The first-order chi connectivity index (χ1) is 12.7. The molecule has 0 spiro atoms. The van der Waals surface area contributed by atoms with Crippen LogP contribution >= 0.6 is 11.3 Å². The SMILES string of the molecule is O=C(c1cccs1)N1CCC[C@@H](c2ccnc(-c3ccc(F)cc3)n2)C1. The Morgan fingerprint density at radius 1 is 1.19 bits per heavy atom. The van der Waals surface area contributed by atoms with Crippen LogP contribution in [0.2, 0.25) is 0 Å². The van der Waals surface area contributed by atoms with E-state index >= 15 is 0 Å². The Morgan fingerprint density at radius 3 is 2.81 bits per heavy atom. The Labute approximate surface area is 155 Å². The van der Waals surface area contributed by atoms with Gasteiger partial charge in [0.15, 0.2) is 5.82 Å². The topological polar surface area (TPSA) is 46.1 Å².